The fourth-order valence-corrected chi connectivity index (χ4v) is 2.86. The summed E-state index contributed by atoms with van der Waals surface area (Å²) in [7, 11) is 0. The molecule has 1 rings (SSSR count). The largest absolute Gasteiger partial charge is 0.462 e. The lowest BCUT2D eigenvalue weighted by atomic mass is 9.75. The minimum atomic E-state index is -0.747. The highest BCUT2D eigenvalue weighted by Gasteiger charge is 2.33. The van der Waals surface area contributed by atoms with Crippen LogP contribution in [0.1, 0.15) is 53.4 Å². The van der Waals surface area contributed by atoms with Crippen LogP contribution in [0.2, 0.25) is 0 Å². The van der Waals surface area contributed by atoms with Crippen molar-refractivity contribution in [2.24, 2.45) is 28.6 Å². The summed E-state index contributed by atoms with van der Waals surface area (Å²) in [6.07, 6.45) is 3.27. The number of rotatable bonds is 5. The zero-order valence-electron chi connectivity index (χ0n) is 13.4. The van der Waals surface area contributed by atoms with E-state index in [9.17, 15) is 9.59 Å². The van der Waals surface area contributed by atoms with Crippen molar-refractivity contribution in [1.29, 1.82) is 0 Å². The van der Waals surface area contributed by atoms with Crippen LogP contribution in [0.4, 0.5) is 4.79 Å². The highest BCUT2D eigenvalue weighted by Crippen LogP contribution is 2.35. The molecule has 21 heavy (non-hydrogen) atoms. The number of hydrogen-bond acceptors (Lipinski definition) is 4. The normalized spacial score (nSPS) is 26.5. The van der Waals surface area contributed by atoms with Crippen LogP contribution in [0.25, 0.3) is 0 Å². The maximum absolute atomic E-state index is 12.0. The third kappa shape index (κ3) is 6.14. The molecule has 0 unspecified atom stereocenters. The maximum atomic E-state index is 12.0. The molecule has 120 valence electrons. The molecule has 0 aliphatic heterocycles. The number of nitrogens with zero attached hydrogens (tertiary/aromatic N) is 1. The monoisotopic (exact) mass is 297 g/mol. The van der Waals surface area contributed by atoms with Gasteiger partial charge in [0.15, 0.2) is 0 Å². The Morgan fingerprint density at radius 1 is 1.38 bits per heavy atom. The van der Waals surface area contributed by atoms with Gasteiger partial charge in [-0.15, -0.1) is 0 Å². The lowest BCUT2D eigenvalue weighted by Crippen LogP contribution is -2.36. The minimum Gasteiger partial charge on any atom is -0.462 e. The van der Waals surface area contributed by atoms with Gasteiger partial charge in [0.2, 0.25) is 0 Å². The molecule has 0 spiro atoms. The molecule has 1 aliphatic carbocycles. The molecule has 0 aromatic rings. The van der Waals surface area contributed by atoms with E-state index in [1.807, 2.05) is 0 Å². The van der Waals surface area contributed by atoms with E-state index >= 15 is 0 Å². The minimum absolute atomic E-state index is 0.0156. The van der Waals surface area contributed by atoms with E-state index in [1.54, 1.807) is 6.92 Å². The molecule has 3 atom stereocenters. The van der Waals surface area contributed by atoms with E-state index in [-0.39, 0.29) is 18.5 Å². The standard InChI is InChI=1S/C15H27N3O3/c1-9(2)12-6-5-10(3)7-13(12)21-14(19)8-11(4)17-18-15(16)20/h9-10,12-13H,5-8H2,1-4H3,(H3,16,18,20)/b17-11+/t10-,12-,13+/m0/s1. The van der Waals surface area contributed by atoms with Gasteiger partial charge in [0.05, 0.1) is 6.42 Å². The average Bonchev–Trinajstić information content (AvgIpc) is 2.35. The van der Waals surface area contributed by atoms with E-state index < -0.39 is 6.03 Å². The highest BCUT2D eigenvalue weighted by molar-refractivity contribution is 5.97. The van der Waals surface area contributed by atoms with Gasteiger partial charge in [0, 0.05) is 5.71 Å². The van der Waals surface area contributed by atoms with E-state index in [0.717, 1.165) is 12.8 Å². The number of esters is 1. The predicted molar refractivity (Wildman–Crippen MR) is 81.7 cm³/mol. The van der Waals surface area contributed by atoms with Crippen molar-refractivity contribution in [3.63, 3.8) is 0 Å². The Hall–Kier alpha value is -1.59. The number of ether oxygens (including phenoxy) is 1. The van der Waals surface area contributed by atoms with Gasteiger partial charge in [0.1, 0.15) is 6.10 Å². The Kier molecular flexibility index (Phi) is 6.65. The van der Waals surface area contributed by atoms with E-state index in [4.69, 9.17) is 10.5 Å². The fourth-order valence-electron chi connectivity index (χ4n) is 2.86. The van der Waals surface area contributed by atoms with Gasteiger partial charge in [-0.1, -0.05) is 27.2 Å². The quantitative estimate of drug-likeness (QED) is 0.463. The lowest BCUT2D eigenvalue weighted by Gasteiger charge is -2.36. The molecule has 0 heterocycles. The molecule has 1 fully saturated rings. The summed E-state index contributed by atoms with van der Waals surface area (Å²) in [6.45, 7) is 8.19. The van der Waals surface area contributed by atoms with Crippen molar-refractivity contribution in [3.8, 4) is 0 Å². The molecule has 3 N–H and O–H groups in total. The van der Waals surface area contributed by atoms with Gasteiger partial charge >= 0.3 is 12.0 Å². The van der Waals surface area contributed by atoms with Gasteiger partial charge in [0.25, 0.3) is 0 Å². The molecule has 0 aromatic carbocycles. The van der Waals surface area contributed by atoms with E-state index in [1.165, 1.54) is 6.42 Å². The van der Waals surface area contributed by atoms with Crippen molar-refractivity contribution in [1.82, 2.24) is 5.43 Å². The van der Waals surface area contributed by atoms with Crippen molar-refractivity contribution in [2.75, 3.05) is 0 Å². The Balaban J connectivity index is 2.54. The number of amides is 2. The van der Waals surface area contributed by atoms with Gasteiger partial charge in [-0.3, -0.25) is 4.79 Å². The summed E-state index contributed by atoms with van der Waals surface area (Å²) >= 11 is 0. The number of primary amides is 1. The lowest BCUT2D eigenvalue weighted by molar-refractivity contribution is -0.154. The van der Waals surface area contributed by atoms with Crippen LogP contribution >= 0.6 is 0 Å². The summed E-state index contributed by atoms with van der Waals surface area (Å²) in [6, 6.07) is -0.747. The van der Waals surface area contributed by atoms with E-state index in [0.29, 0.717) is 23.5 Å². The first kappa shape index (κ1) is 17.5. The number of nitrogens with two attached hydrogens (primary N) is 1. The van der Waals surface area contributed by atoms with Crippen molar-refractivity contribution >= 4 is 17.7 Å². The molecule has 1 saturated carbocycles. The molecule has 6 nitrogen and oxygen atoms in total. The van der Waals surface area contributed by atoms with Gasteiger partial charge in [-0.05, 0) is 37.5 Å². The molecule has 0 aromatic heterocycles. The van der Waals surface area contributed by atoms with Crippen molar-refractivity contribution in [3.05, 3.63) is 0 Å². The summed E-state index contributed by atoms with van der Waals surface area (Å²) in [5.74, 6) is 1.21. The van der Waals surface area contributed by atoms with Crippen LogP contribution in [0.5, 0.6) is 0 Å². The zero-order chi connectivity index (χ0) is 16.0. The first-order chi connectivity index (χ1) is 9.79. The van der Waals surface area contributed by atoms with Crippen molar-refractivity contribution < 1.29 is 14.3 Å². The SMILES string of the molecule is C/C(CC(=O)O[C@@H]1C[C@@H](C)CC[C@H]1C(C)C)=N\NC(N)=O. The third-order valence-corrected chi connectivity index (χ3v) is 4.00. The Morgan fingerprint density at radius 3 is 2.62 bits per heavy atom. The van der Waals surface area contributed by atoms with Gasteiger partial charge in [-0.25, -0.2) is 10.2 Å². The molecule has 0 radical (unpaired) electrons. The third-order valence-electron chi connectivity index (χ3n) is 4.00. The van der Waals surface area contributed by atoms with Crippen LogP contribution in [0.15, 0.2) is 5.10 Å². The second kappa shape index (κ2) is 8.00. The van der Waals surface area contributed by atoms with E-state index in [2.05, 4.69) is 31.3 Å². The molecular weight excluding hydrogens is 270 g/mol. The number of nitrogens with one attached hydrogen (secondary N) is 1. The predicted octanol–water partition coefficient (Wildman–Crippen LogP) is 2.42. The summed E-state index contributed by atoms with van der Waals surface area (Å²) in [5.41, 5.74) is 7.50. The summed E-state index contributed by atoms with van der Waals surface area (Å²) < 4.78 is 5.65. The maximum Gasteiger partial charge on any atom is 0.332 e. The summed E-state index contributed by atoms with van der Waals surface area (Å²) in [5, 5.41) is 3.72. The number of carbonyl (C=O) groups is 2. The second-order valence-corrected chi connectivity index (χ2v) is 6.35. The zero-order valence-corrected chi connectivity index (χ0v) is 13.4. The second-order valence-electron chi connectivity index (χ2n) is 6.35. The Labute approximate surface area is 126 Å². The van der Waals surface area contributed by atoms with Crippen LogP contribution < -0.4 is 11.2 Å². The molecule has 0 saturated heterocycles. The topological polar surface area (TPSA) is 93.8 Å². The van der Waals surface area contributed by atoms with Crippen LogP contribution in [0.3, 0.4) is 0 Å². The summed E-state index contributed by atoms with van der Waals surface area (Å²) in [4.78, 5) is 22.5. The number of carbonyl (C=O) groups excluding carboxylic acids is 2. The average molecular weight is 297 g/mol. The molecule has 6 heteroatoms. The molecule has 1 aliphatic rings. The van der Waals surface area contributed by atoms with Crippen LogP contribution in [-0.2, 0) is 9.53 Å². The molecule has 0 bridgehead atoms. The van der Waals surface area contributed by atoms with Crippen LogP contribution in [0, 0.1) is 17.8 Å². The Bertz CT molecular complexity index is 407. The number of hydrogen-bond donors (Lipinski definition) is 2. The molecule has 2 amide bonds. The van der Waals surface area contributed by atoms with Gasteiger partial charge < -0.3 is 10.5 Å². The first-order valence-electron chi connectivity index (χ1n) is 7.57. The number of hydrazone groups is 1. The smallest absolute Gasteiger partial charge is 0.332 e. The highest BCUT2D eigenvalue weighted by atomic mass is 16.5. The fraction of sp³-hybridized carbons (Fsp3) is 0.800. The van der Waals surface area contributed by atoms with Crippen molar-refractivity contribution in [2.45, 2.75) is 59.5 Å². The number of urea groups is 1. The Morgan fingerprint density at radius 2 is 2.05 bits per heavy atom. The van der Waals surface area contributed by atoms with Crippen LogP contribution in [-0.4, -0.2) is 23.8 Å². The first-order valence-corrected chi connectivity index (χ1v) is 7.57. The molecular formula is C15H27N3O3. The van der Waals surface area contributed by atoms with Gasteiger partial charge in [-0.2, -0.15) is 5.10 Å².